The summed E-state index contributed by atoms with van der Waals surface area (Å²) >= 11 is 0. The monoisotopic (exact) mass is 358 g/mol. The number of nitrogens with zero attached hydrogens (tertiary/aromatic N) is 4. The first-order valence-corrected chi connectivity index (χ1v) is 8.52. The number of H-pyrrole nitrogens is 1. The van der Waals surface area contributed by atoms with Crippen LogP contribution in [0, 0.1) is 6.92 Å². The van der Waals surface area contributed by atoms with Crippen LogP contribution in [0.4, 0.5) is 5.95 Å². The number of hydrogen-bond donors (Lipinski definition) is 3. The molecule has 1 amide bonds. The molecular weight excluding hydrogens is 336 g/mol. The van der Waals surface area contributed by atoms with Crippen molar-refractivity contribution >= 4 is 11.9 Å². The molecule has 3 heterocycles. The molecule has 1 saturated heterocycles. The fraction of sp³-hybridized carbons (Fsp3) is 0.471. The molecule has 1 fully saturated rings. The van der Waals surface area contributed by atoms with E-state index in [0.29, 0.717) is 31.6 Å². The van der Waals surface area contributed by atoms with Crippen molar-refractivity contribution in [1.82, 2.24) is 25.1 Å². The molecule has 0 bridgehead atoms. The van der Waals surface area contributed by atoms with Crippen LogP contribution in [0.1, 0.15) is 36.2 Å². The highest BCUT2D eigenvalue weighted by atomic mass is 16.3. The maximum atomic E-state index is 12.4. The average Bonchev–Trinajstić information content (AvgIpc) is 2.62. The minimum absolute atomic E-state index is 0.0508. The van der Waals surface area contributed by atoms with Crippen molar-refractivity contribution in [3.8, 4) is 0 Å². The number of pyridine rings is 1. The van der Waals surface area contributed by atoms with E-state index in [1.807, 2.05) is 19.1 Å². The lowest BCUT2D eigenvalue weighted by Gasteiger charge is -2.37. The number of aryl methyl sites for hydroxylation is 2. The summed E-state index contributed by atoms with van der Waals surface area (Å²) in [5, 5.41) is 18.2. The second kappa shape index (κ2) is 7.20. The number of aromatic amines is 1. The van der Waals surface area contributed by atoms with Gasteiger partial charge in [0.05, 0.1) is 5.69 Å². The molecule has 26 heavy (non-hydrogen) atoms. The number of nitrogen functional groups attached to an aromatic ring is 1. The van der Waals surface area contributed by atoms with E-state index in [0.717, 1.165) is 5.56 Å². The predicted molar refractivity (Wildman–Crippen MR) is 94.1 cm³/mol. The number of nitrogens with two attached hydrogens (primary N) is 1. The van der Waals surface area contributed by atoms with E-state index in [2.05, 4.69) is 20.2 Å². The molecule has 0 aliphatic carbocycles. The number of likely N-dealkylation sites (tertiary alicyclic amines) is 1. The van der Waals surface area contributed by atoms with Gasteiger partial charge in [0.15, 0.2) is 0 Å². The van der Waals surface area contributed by atoms with Gasteiger partial charge in [0.1, 0.15) is 11.3 Å². The zero-order chi connectivity index (χ0) is 18.7. The third-order valence-corrected chi connectivity index (χ3v) is 4.69. The largest absolute Gasteiger partial charge is 0.383 e. The molecule has 3 rings (SSSR count). The summed E-state index contributed by atoms with van der Waals surface area (Å²) in [4.78, 5) is 32.5. The molecule has 9 nitrogen and oxygen atoms in total. The van der Waals surface area contributed by atoms with E-state index >= 15 is 0 Å². The minimum atomic E-state index is -1.01. The van der Waals surface area contributed by atoms with Gasteiger partial charge in [-0.15, -0.1) is 10.2 Å². The van der Waals surface area contributed by atoms with Gasteiger partial charge in [0, 0.05) is 32.1 Å². The third kappa shape index (κ3) is 3.88. The number of rotatable bonds is 4. The number of carbonyl (C=O) groups excluding carboxylic acids is 1. The molecule has 9 heteroatoms. The van der Waals surface area contributed by atoms with Crippen LogP contribution in [0.15, 0.2) is 23.1 Å². The normalized spacial score (nSPS) is 16.5. The maximum Gasteiger partial charge on any atom is 0.274 e. The molecule has 0 aromatic carbocycles. The summed E-state index contributed by atoms with van der Waals surface area (Å²) in [6, 6.07) is 3.75. The Kier molecular flexibility index (Phi) is 4.99. The van der Waals surface area contributed by atoms with Gasteiger partial charge >= 0.3 is 0 Å². The Morgan fingerprint density at radius 3 is 2.69 bits per heavy atom. The zero-order valence-corrected chi connectivity index (χ0v) is 14.6. The van der Waals surface area contributed by atoms with Crippen molar-refractivity contribution in [3.63, 3.8) is 0 Å². The zero-order valence-electron chi connectivity index (χ0n) is 14.6. The lowest BCUT2D eigenvalue weighted by Crippen LogP contribution is -2.45. The predicted octanol–water partition coefficient (Wildman–Crippen LogP) is -0.107. The van der Waals surface area contributed by atoms with Crippen LogP contribution in [-0.2, 0) is 16.8 Å². The molecule has 1 aliphatic rings. The Bertz CT molecular complexity index is 840. The van der Waals surface area contributed by atoms with Crippen molar-refractivity contribution in [2.75, 3.05) is 18.8 Å². The van der Waals surface area contributed by atoms with Crippen LogP contribution >= 0.6 is 0 Å². The Labute approximate surface area is 150 Å². The van der Waals surface area contributed by atoms with E-state index in [1.165, 1.54) is 0 Å². The molecule has 0 atom stereocenters. The molecule has 0 radical (unpaired) electrons. The Hall–Kier alpha value is -2.81. The van der Waals surface area contributed by atoms with Crippen molar-refractivity contribution in [2.24, 2.45) is 0 Å². The minimum Gasteiger partial charge on any atom is -0.383 e. The van der Waals surface area contributed by atoms with Crippen molar-refractivity contribution in [3.05, 3.63) is 45.6 Å². The van der Waals surface area contributed by atoms with Crippen LogP contribution in [-0.4, -0.2) is 49.2 Å². The molecule has 0 unspecified atom stereocenters. The quantitative estimate of drug-likeness (QED) is 0.693. The van der Waals surface area contributed by atoms with E-state index in [-0.39, 0.29) is 30.4 Å². The Morgan fingerprint density at radius 1 is 1.35 bits per heavy atom. The lowest BCUT2D eigenvalue weighted by atomic mass is 9.87. The summed E-state index contributed by atoms with van der Waals surface area (Å²) in [7, 11) is 0. The first kappa shape index (κ1) is 18.0. The number of hydrogen-bond acceptors (Lipinski definition) is 7. The fourth-order valence-corrected chi connectivity index (χ4v) is 3.05. The summed E-state index contributed by atoms with van der Waals surface area (Å²) in [6.07, 6.45) is 2.94. The van der Waals surface area contributed by atoms with Gasteiger partial charge in [-0.1, -0.05) is 6.07 Å². The number of aliphatic hydroxyl groups is 1. The molecule has 138 valence electrons. The van der Waals surface area contributed by atoms with Gasteiger partial charge in [-0.25, -0.2) is 0 Å². The standard InChI is InChI=1S/C17H22N6O3/c1-11-2-4-13(19-10-11)17(26)6-8-23(9-7-17)14(24)5-3-12-15(25)20-16(18)22-21-12/h2,4,10,26H,3,5-9H2,1H3,(H3,18,20,22,25). The molecule has 4 N–H and O–H groups in total. The van der Waals surface area contributed by atoms with Gasteiger partial charge in [-0.05, 0) is 31.4 Å². The fourth-order valence-electron chi connectivity index (χ4n) is 3.05. The lowest BCUT2D eigenvalue weighted by molar-refractivity contribution is -0.135. The second-order valence-electron chi connectivity index (χ2n) is 6.62. The summed E-state index contributed by atoms with van der Waals surface area (Å²) in [6.45, 7) is 2.82. The number of nitrogens with one attached hydrogen (secondary N) is 1. The average molecular weight is 358 g/mol. The highest BCUT2D eigenvalue weighted by Crippen LogP contribution is 2.31. The molecule has 0 spiro atoms. The highest BCUT2D eigenvalue weighted by molar-refractivity contribution is 5.76. The molecular formula is C17H22N6O3. The van der Waals surface area contributed by atoms with Crippen molar-refractivity contribution < 1.29 is 9.90 Å². The van der Waals surface area contributed by atoms with E-state index in [1.54, 1.807) is 11.1 Å². The summed E-state index contributed by atoms with van der Waals surface area (Å²) in [5.74, 6) is -0.132. The SMILES string of the molecule is Cc1ccc(C2(O)CCN(C(=O)CCc3nnc(N)[nH]c3=O)CC2)nc1. The van der Waals surface area contributed by atoms with Gasteiger partial charge in [-0.3, -0.25) is 19.6 Å². The van der Waals surface area contributed by atoms with E-state index in [4.69, 9.17) is 5.73 Å². The van der Waals surface area contributed by atoms with Gasteiger partial charge < -0.3 is 15.7 Å². The number of carbonyl (C=O) groups is 1. The van der Waals surface area contributed by atoms with Crippen LogP contribution in [0.3, 0.4) is 0 Å². The van der Waals surface area contributed by atoms with Crippen LogP contribution in [0.5, 0.6) is 0 Å². The van der Waals surface area contributed by atoms with Crippen LogP contribution in [0.25, 0.3) is 0 Å². The second-order valence-corrected chi connectivity index (χ2v) is 6.62. The topological polar surface area (TPSA) is 138 Å². The number of piperidine rings is 1. The Morgan fingerprint density at radius 2 is 2.08 bits per heavy atom. The van der Waals surface area contributed by atoms with Crippen molar-refractivity contribution in [1.29, 1.82) is 0 Å². The maximum absolute atomic E-state index is 12.4. The van der Waals surface area contributed by atoms with Gasteiger partial charge in [0.2, 0.25) is 11.9 Å². The number of aromatic nitrogens is 4. The third-order valence-electron chi connectivity index (χ3n) is 4.69. The highest BCUT2D eigenvalue weighted by Gasteiger charge is 2.36. The van der Waals surface area contributed by atoms with E-state index < -0.39 is 11.2 Å². The first-order chi connectivity index (χ1) is 12.4. The summed E-state index contributed by atoms with van der Waals surface area (Å²) in [5.41, 5.74) is 5.77. The molecule has 2 aromatic heterocycles. The molecule has 2 aromatic rings. The Balaban J connectivity index is 1.56. The van der Waals surface area contributed by atoms with Crippen LogP contribution < -0.4 is 11.3 Å². The first-order valence-electron chi connectivity index (χ1n) is 8.52. The molecule has 0 saturated carbocycles. The molecule has 1 aliphatic heterocycles. The van der Waals surface area contributed by atoms with E-state index in [9.17, 15) is 14.7 Å². The van der Waals surface area contributed by atoms with Gasteiger partial charge in [-0.2, -0.15) is 0 Å². The summed E-state index contributed by atoms with van der Waals surface area (Å²) < 4.78 is 0. The number of anilines is 1. The van der Waals surface area contributed by atoms with Crippen molar-refractivity contribution in [2.45, 2.75) is 38.2 Å². The number of amides is 1. The smallest absolute Gasteiger partial charge is 0.274 e. The van der Waals surface area contributed by atoms with Crippen LogP contribution in [0.2, 0.25) is 0 Å². The van der Waals surface area contributed by atoms with Gasteiger partial charge in [0.25, 0.3) is 5.56 Å².